The highest BCUT2D eigenvalue weighted by molar-refractivity contribution is 7.13. The minimum Gasteiger partial charge on any atom is -0.478 e. The number of nitrogens with zero attached hydrogens (tertiary/aromatic N) is 1. The van der Waals surface area contributed by atoms with Crippen LogP contribution < -0.4 is 5.32 Å². The molecule has 8 heteroatoms. The lowest BCUT2D eigenvalue weighted by atomic mass is 10.1. The first-order valence-corrected chi connectivity index (χ1v) is 6.29. The number of rotatable bonds is 3. The molecule has 106 valence electrons. The normalized spacial score (nSPS) is 11.4. The first kappa shape index (κ1) is 14.3. The number of carbonyl (C=O) groups is 1. The summed E-state index contributed by atoms with van der Waals surface area (Å²) in [5.74, 6) is -1.44. The summed E-state index contributed by atoms with van der Waals surface area (Å²) in [5.41, 5.74) is -0.649. The molecule has 20 heavy (non-hydrogen) atoms. The Morgan fingerprint density at radius 1 is 1.40 bits per heavy atom. The second-order valence-electron chi connectivity index (χ2n) is 3.98. The molecule has 0 radical (unpaired) electrons. The van der Waals surface area contributed by atoms with Crippen molar-refractivity contribution in [2.24, 2.45) is 0 Å². The van der Waals surface area contributed by atoms with Gasteiger partial charge in [0.15, 0.2) is 5.13 Å². The van der Waals surface area contributed by atoms with Gasteiger partial charge in [0.05, 0.1) is 22.5 Å². The minimum absolute atomic E-state index is 0.0693. The number of nitrogens with one attached hydrogen (secondary N) is 1. The van der Waals surface area contributed by atoms with Crippen molar-refractivity contribution in [3.05, 3.63) is 40.4 Å². The number of thiazole rings is 1. The van der Waals surface area contributed by atoms with E-state index in [2.05, 4.69) is 10.3 Å². The molecule has 0 aliphatic rings. The maximum absolute atomic E-state index is 12.6. The highest BCUT2D eigenvalue weighted by Crippen LogP contribution is 2.33. The monoisotopic (exact) mass is 302 g/mol. The third kappa shape index (κ3) is 3.08. The van der Waals surface area contributed by atoms with Crippen LogP contribution in [0, 0.1) is 6.92 Å². The predicted octanol–water partition coefficient (Wildman–Crippen LogP) is 3.91. The smallest absolute Gasteiger partial charge is 0.416 e. The number of aryl methyl sites for hydroxylation is 1. The summed E-state index contributed by atoms with van der Waals surface area (Å²) in [6, 6.07) is 2.52. The highest BCUT2D eigenvalue weighted by Gasteiger charge is 2.31. The fraction of sp³-hybridized carbons (Fsp3) is 0.167. The number of aromatic nitrogens is 1. The van der Waals surface area contributed by atoms with Gasteiger partial charge in [0.2, 0.25) is 0 Å². The third-order valence-corrected chi connectivity index (χ3v) is 3.31. The Bertz CT molecular complexity index is 652. The molecule has 0 atom stereocenters. The molecule has 0 spiro atoms. The van der Waals surface area contributed by atoms with Gasteiger partial charge in [0.25, 0.3) is 0 Å². The van der Waals surface area contributed by atoms with Crippen LogP contribution in [0.4, 0.5) is 24.0 Å². The fourth-order valence-corrected chi connectivity index (χ4v) is 2.23. The van der Waals surface area contributed by atoms with E-state index in [0.29, 0.717) is 11.2 Å². The summed E-state index contributed by atoms with van der Waals surface area (Å²) in [6.07, 6.45) is -4.58. The Hall–Kier alpha value is -2.09. The van der Waals surface area contributed by atoms with E-state index in [1.807, 2.05) is 0 Å². The molecular formula is C12H9F3N2O2S. The summed E-state index contributed by atoms with van der Waals surface area (Å²) in [7, 11) is 0. The second kappa shape index (κ2) is 5.12. The molecule has 0 aliphatic carbocycles. The van der Waals surface area contributed by atoms with Crippen molar-refractivity contribution < 1.29 is 23.1 Å². The zero-order valence-electron chi connectivity index (χ0n) is 10.2. The summed E-state index contributed by atoms with van der Waals surface area (Å²) >= 11 is 1.24. The largest absolute Gasteiger partial charge is 0.478 e. The molecule has 1 aromatic carbocycles. The number of carboxylic acid groups (broad SMARTS) is 1. The van der Waals surface area contributed by atoms with E-state index in [0.717, 1.165) is 17.8 Å². The number of aromatic carboxylic acids is 1. The van der Waals surface area contributed by atoms with Gasteiger partial charge in [-0.05, 0) is 25.1 Å². The van der Waals surface area contributed by atoms with Gasteiger partial charge < -0.3 is 10.4 Å². The van der Waals surface area contributed by atoms with E-state index in [1.54, 1.807) is 12.3 Å². The summed E-state index contributed by atoms with van der Waals surface area (Å²) < 4.78 is 37.7. The molecule has 0 fully saturated rings. The van der Waals surface area contributed by atoms with Crippen LogP contribution in [0.1, 0.15) is 21.6 Å². The van der Waals surface area contributed by atoms with Gasteiger partial charge in [0, 0.05) is 5.38 Å². The average molecular weight is 302 g/mol. The zero-order chi connectivity index (χ0) is 14.9. The van der Waals surface area contributed by atoms with E-state index in [9.17, 15) is 18.0 Å². The molecule has 0 saturated carbocycles. The SMILES string of the molecule is Cc1csc(Nc2ccc(C(F)(F)F)cc2C(=O)O)n1. The van der Waals surface area contributed by atoms with Crippen LogP contribution in [0.3, 0.4) is 0 Å². The lowest BCUT2D eigenvalue weighted by molar-refractivity contribution is -0.137. The van der Waals surface area contributed by atoms with Gasteiger partial charge in [0.1, 0.15) is 0 Å². The van der Waals surface area contributed by atoms with Gasteiger partial charge in [-0.2, -0.15) is 13.2 Å². The molecule has 4 nitrogen and oxygen atoms in total. The molecule has 2 aromatic rings. The quantitative estimate of drug-likeness (QED) is 0.902. The number of hydrogen-bond acceptors (Lipinski definition) is 4. The van der Waals surface area contributed by atoms with E-state index in [1.165, 1.54) is 11.3 Å². The van der Waals surface area contributed by atoms with Crippen molar-refractivity contribution in [3.63, 3.8) is 0 Å². The molecule has 0 amide bonds. The topological polar surface area (TPSA) is 62.2 Å². The number of benzene rings is 1. The summed E-state index contributed by atoms with van der Waals surface area (Å²) in [6.45, 7) is 1.76. The van der Waals surface area contributed by atoms with Gasteiger partial charge in [-0.1, -0.05) is 0 Å². The summed E-state index contributed by atoms with van der Waals surface area (Å²) in [5, 5.41) is 13.9. The Balaban J connectivity index is 2.40. The Morgan fingerprint density at radius 3 is 2.60 bits per heavy atom. The van der Waals surface area contributed by atoms with Crippen LogP contribution in [0.2, 0.25) is 0 Å². The fourth-order valence-electron chi connectivity index (χ4n) is 1.53. The second-order valence-corrected chi connectivity index (χ2v) is 4.84. The van der Waals surface area contributed by atoms with Crippen molar-refractivity contribution in [1.29, 1.82) is 0 Å². The molecule has 2 N–H and O–H groups in total. The molecule has 0 aliphatic heterocycles. The first-order chi connectivity index (χ1) is 9.27. The Morgan fingerprint density at radius 2 is 2.10 bits per heavy atom. The van der Waals surface area contributed by atoms with E-state index in [4.69, 9.17) is 5.11 Å². The van der Waals surface area contributed by atoms with Crippen LogP contribution in [0.15, 0.2) is 23.6 Å². The van der Waals surface area contributed by atoms with Crippen molar-refractivity contribution in [3.8, 4) is 0 Å². The standard InChI is InChI=1S/C12H9F3N2O2S/c1-6-5-20-11(16-6)17-9-3-2-7(12(13,14)15)4-8(9)10(18)19/h2-5H,1H3,(H,16,17)(H,18,19). The van der Waals surface area contributed by atoms with Crippen LogP contribution in [-0.4, -0.2) is 16.1 Å². The highest BCUT2D eigenvalue weighted by atomic mass is 32.1. The third-order valence-electron chi connectivity index (χ3n) is 2.44. The molecule has 2 rings (SSSR count). The van der Waals surface area contributed by atoms with Crippen LogP contribution in [-0.2, 0) is 6.18 Å². The zero-order valence-corrected chi connectivity index (χ0v) is 11.0. The number of alkyl halides is 3. The molecule has 1 aromatic heterocycles. The minimum atomic E-state index is -4.58. The van der Waals surface area contributed by atoms with Crippen LogP contribution in [0.5, 0.6) is 0 Å². The van der Waals surface area contributed by atoms with Gasteiger partial charge in [-0.25, -0.2) is 9.78 Å². The van der Waals surface area contributed by atoms with Crippen molar-refractivity contribution in [1.82, 2.24) is 4.98 Å². The van der Waals surface area contributed by atoms with Gasteiger partial charge in [-0.15, -0.1) is 11.3 Å². The van der Waals surface area contributed by atoms with Gasteiger partial charge in [-0.3, -0.25) is 0 Å². The lowest BCUT2D eigenvalue weighted by Gasteiger charge is -2.11. The molecule has 0 bridgehead atoms. The van der Waals surface area contributed by atoms with Crippen LogP contribution >= 0.6 is 11.3 Å². The van der Waals surface area contributed by atoms with E-state index in [-0.39, 0.29) is 5.69 Å². The maximum atomic E-state index is 12.6. The Kier molecular flexibility index (Phi) is 3.67. The van der Waals surface area contributed by atoms with Gasteiger partial charge >= 0.3 is 12.1 Å². The summed E-state index contributed by atoms with van der Waals surface area (Å²) in [4.78, 5) is 15.1. The maximum Gasteiger partial charge on any atom is 0.416 e. The number of carboxylic acids is 1. The first-order valence-electron chi connectivity index (χ1n) is 5.41. The molecular weight excluding hydrogens is 293 g/mol. The molecule has 0 saturated heterocycles. The Labute approximate surface area is 115 Å². The van der Waals surface area contributed by atoms with E-state index < -0.39 is 23.3 Å². The van der Waals surface area contributed by atoms with E-state index >= 15 is 0 Å². The molecule has 1 heterocycles. The molecule has 0 unspecified atom stereocenters. The average Bonchev–Trinajstić information content (AvgIpc) is 2.73. The van der Waals surface area contributed by atoms with Crippen molar-refractivity contribution in [2.75, 3.05) is 5.32 Å². The predicted molar refractivity (Wildman–Crippen MR) is 68.5 cm³/mol. The number of halogens is 3. The van der Waals surface area contributed by atoms with Crippen molar-refractivity contribution in [2.45, 2.75) is 13.1 Å². The van der Waals surface area contributed by atoms with Crippen molar-refractivity contribution >= 4 is 28.1 Å². The number of anilines is 2. The number of hydrogen-bond donors (Lipinski definition) is 2. The van der Waals surface area contributed by atoms with Crippen LogP contribution in [0.25, 0.3) is 0 Å². The lowest BCUT2D eigenvalue weighted by Crippen LogP contribution is -2.09.